The molecule has 0 radical (unpaired) electrons. The highest BCUT2D eigenvalue weighted by Gasteiger charge is 2.06. The maximum atomic E-state index is 10.6. The van der Waals surface area contributed by atoms with Crippen LogP contribution in [0.1, 0.15) is 0 Å². The second kappa shape index (κ2) is 4.65. The van der Waals surface area contributed by atoms with Gasteiger partial charge in [0.15, 0.2) is 6.61 Å². The smallest absolute Gasteiger partial charge is 0.434 e. The van der Waals surface area contributed by atoms with E-state index < -0.39 is 6.09 Å². The molecule has 4 heteroatoms. The number of rotatable bonds is 2. The van der Waals surface area contributed by atoms with E-state index in [0.717, 1.165) is 5.06 Å². The monoisotopic (exact) mass is 143 g/mol. The predicted molar refractivity (Wildman–Crippen MR) is 35.0 cm³/mol. The quantitative estimate of drug-likeness (QED) is 0.411. The fourth-order valence-corrected chi connectivity index (χ4v) is 0.269. The van der Waals surface area contributed by atoms with Crippen LogP contribution in [0.5, 0.6) is 0 Å². The van der Waals surface area contributed by atoms with Crippen molar-refractivity contribution >= 4 is 6.09 Å². The molecule has 0 spiro atoms. The minimum Gasteiger partial charge on any atom is -0.435 e. The van der Waals surface area contributed by atoms with Crippen LogP contribution in [0.15, 0.2) is 0 Å². The number of carbonyl (C=O) groups excluding carboxylic acids is 1. The summed E-state index contributed by atoms with van der Waals surface area (Å²) in [5.41, 5.74) is 0. The molecule has 10 heavy (non-hydrogen) atoms. The number of carbonyl (C=O) groups is 1. The molecule has 0 bridgehead atoms. The fourth-order valence-electron chi connectivity index (χ4n) is 0.269. The second-order valence-corrected chi connectivity index (χ2v) is 1.44. The molecule has 56 valence electrons. The Morgan fingerprint density at radius 2 is 2.40 bits per heavy atom. The van der Waals surface area contributed by atoms with Gasteiger partial charge in [0.2, 0.25) is 0 Å². The Morgan fingerprint density at radius 1 is 1.80 bits per heavy atom. The highest BCUT2D eigenvalue weighted by Crippen LogP contribution is 1.87. The van der Waals surface area contributed by atoms with Crippen LogP contribution >= 0.6 is 0 Å². The summed E-state index contributed by atoms with van der Waals surface area (Å²) in [5.74, 6) is 2.15. The maximum Gasteiger partial charge on any atom is 0.434 e. The number of hydrogen-bond donors (Lipinski definition) is 0. The van der Waals surface area contributed by atoms with Gasteiger partial charge in [-0.3, -0.25) is 4.84 Å². The first-order chi connectivity index (χ1) is 4.72. The largest absolute Gasteiger partial charge is 0.435 e. The van der Waals surface area contributed by atoms with E-state index in [9.17, 15) is 4.79 Å². The summed E-state index contributed by atoms with van der Waals surface area (Å²) in [7, 11) is 2.79. The summed E-state index contributed by atoms with van der Waals surface area (Å²) in [6, 6.07) is 0. The van der Waals surface area contributed by atoms with Crippen molar-refractivity contribution < 1.29 is 14.4 Å². The maximum absolute atomic E-state index is 10.6. The Bertz CT molecular complexity index is 150. The Morgan fingerprint density at radius 3 is 2.80 bits per heavy atom. The molecule has 0 rings (SSSR count). The molecule has 0 unspecified atom stereocenters. The number of hydroxylamine groups is 2. The zero-order chi connectivity index (χ0) is 7.98. The van der Waals surface area contributed by atoms with E-state index in [4.69, 9.17) is 6.42 Å². The predicted octanol–water partition coefficient (Wildman–Crippen LogP) is 0.249. The highest BCUT2D eigenvalue weighted by atomic mass is 16.7. The van der Waals surface area contributed by atoms with Crippen molar-refractivity contribution in [3.8, 4) is 12.3 Å². The van der Waals surface area contributed by atoms with Gasteiger partial charge in [-0.15, -0.1) is 6.42 Å². The van der Waals surface area contributed by atoms with Gasteiger partial charge in [0, 0.05) is 7.05 Å². The van der Waals surface area contributed by atoms with E-state index in [0.29, 0.717) is 0 Å². The first-order valence-electron chi connectivity index (χ1n) is 2.60. The molecular weight excluding hydrogens is 134 g/mol. The highest BCUT2D eigenvalue weighted by molar-refractivity contribution is 5.65. The number of nitrogens with zero attached hydrogens (tertiary/aromatic N) is 1. The number of amides is 1. The Kier molecular flexibility index (Phi) is 4.09. The van der Waals surface area contributed by atoms with Gasteiger partial charge >= 0.3 is 6.09 Å². The molecule has 0 saturated heterocycles. The van der Waals surface area contributed by atoms with E-state index in [-0.39, 0.29) is 6.61 Å². The molecule has 0 heterocycles. The lowest BCUT2D eigenvalue weighted by Crippen LogP contribution is -2.26. The minimum absolute atomic E-state index is 0.0352. The molecular formula is C6H9NO3. The molecule has 0 aliphatic carbocycles. The molecule has 0 N–H and O–H groups in total. The average molecular weight is 143 g/mol. The summed E-state index contributed by atoms with van der Waals surface area (Å²) < 4.78 is 4.47. The van der Waals surface area contributed by atoms with Crippen molar-refractivity contribution in [1.29, 1.82) is 0 Å². The van der Waals surface area contributed by atoms with E-state index in [1.165, 1.54) is 14.2 Å². The first kappa shape index (κ1) is 8.79. The van der Waals surface area contributed by atoms with Crippen LogP contribution < -0.4 is 0 Å². The topological polar surface area (TPSA) is 38.8 Å². The van der Waals surface area contributed by atoms with Crippen LogP contribution in [0.3, 0.4) is 0 Å². The molecule has 0 saturated carbocycles. The second-order valence-electron chi connectivity index (χ2n) is 1.44. The van der Waals surface area contributed by atoms with E-state index in [1.807, 2.05) is 0 Å². The molecule has 0 aliphatic rings. The fraction of sp³-hybridized carbons (Fsp3) is 0.500. The Labute approximate surface area is 59.7 Å². The zero-order valence-corrected chi connectivity index (χ0v) is 5.96. The van der Waals surface area contributed by atoms with Crippen LogP contribution in [0.2, 0.25) is 0 Å². The van der Waals surface area contributed by atoms with Crippen molar-refractivity contribution in [2.75, 3.05) is 20.8 Å². The first-order valence-corrected chi connectivity index (χ1v) is 2.60. The number of terminal acetylenes is 1. The van der Waals surface area contributed by atoms with Crippen molar-refractivity contribution in [3.05, 3.63) is 0 Å². The lowest BCUT2D eigenvalue weighted by Gasteiger charge is -2.11. The van der Waals surface area contributed by atoms with Crippen LogP contribution in [0.25, 0.3) is 0 Å². The van der Waals surface area contributed by atoms with Crippen molar-refractivity contribution in [2.24, 2.45) is 0 Å². The van der Waals surface area contributed by atoms with Crippen molar-refractivity contribution in [3.63, 3.8) is 0 Å². The van der Waals surface area contributed by atoms with Crippen molar-refractivity contribution in [1.82, 2.24) is 5.06 Å². The van der Waals surface area contributed by atoms with Gasteiger partial charge in [0.1, 0.15) is 0 Å². The van der Waals surface area contributed by atoms with Gasteiger partial charge in [0.25, 0.3) is 0 Å². The summed E-state index contributed by atoms with van der Waals surface area (Å²) in [6.07, 6.45) is 4.24. The average Bonchev–Trinajstić information content (AvgIpc) is 1.98. The van der Waals surface area contributed by atoms with E-state index >= 15 is 0 Å². The van der Waals surface area contributed by atoms with Gasteiger partial charge < -0.3 is 4.74 Å². The molecule has 0 fully saturated rings. The minimum atomic E-state index is -0.597. The molecule has 0 aromatic heterocycles. The third-order valence-electron chi connectivity index (χ3n) is 0.810. The van der Waals surface area contributed by atoms with Crippen LogP contribution in [0.4, 0.5) is 4.79 Å². The molecule has 0 aromatic carbocycles. The molecule has 1 amide bonds. The van der Waals surface area contributed by atoms with E-state index in [1.54, 1.807) is 0 Å². The lowest BCUT2D eigenvalue weighted by atomic mass is 10.8. The SMILES string of the molecule is C#CCOC(=O)N(C)OC. The van der Waals surface area contributed by atoms with Gasteiger partial charge in [-0.05, 0) is 0 Å². The van der Waals surface area contributed by atoms with Crippen LogP contribution in [-0.2, 0) is 9.57 Å². The van der Waals surface area contributed by atoms with Gasteiger partial charge in [-0.2, -0.15) is 5.06 Å². The van der Waals surface area contributed by atoms with Crippen LogP contribution in [0, 0.1) is 12.3 Å². The molecule has 0 aromatic rings. The molecule has 0 atom stereocenters. The standard InChI is InChI=1S/C6H9NO3/c1-4-5-10-6(8)7(2)9-3/h1H,5H2,2-3H3. The summed E-state index contributed by atoms with van der Waals surface area (Å²) in [4.78, 5) is 15.1. The molecule has 4 nitrogen and oxygen atoms in total. The van der Waals surface area contributed by atoms with E-state index in [2.05, 4.69) is 15.5 Å². The normalized spacial score (nSPS) is 8.10. The summed E-state index contributed by atoms with van der Waals surface area (Å²) in [6.45, 7) is -0.0352. The van der Waals surface area contributed by atoms with Gasteiger partial charge in [-0.1, -0.05) is 5.92 Å². The third kappa shape index (κ3) is 2.95. The van der Waals surface area contributed by atoms with Gasteiger partial charge in [0.05, 0.1) is 7.11 Å². The van der Waals surface area contributed by atoms with Gasteiger partial charge in [-0.25, -0.2) is 4.79 Å². The molecule has 0 aliphatic heterocycles. The summed E-state index contributed by atoms with van der Waals surface area (Å²) in [5, 5.41) is 0.942. The number of hydrogen-bond acceptors (Lipinski definition) is 3. The Balaban J connectivity index is 3.54. The third-order valence-corrected chi connectivity index (χ3v) is 0.810. The van der Waals surface area contributed by atoms with Crippen molar-refractivity contribution in [2.45, 2.75) is 0 Å². The zero-order valence-electron chi connectivity index (χ0n) is 5.96. The number of ether oxygens (including phenoxy) is 1. The Hall–Kier alpha value is -1.21. The van der Waals surface area contributed by atoms with Crippen LogP contribution in [-0.4, -0.2) is 31.9 Å². The lowest BCUT2D eigenvalue weighted by molar-refractivity contribution is -0.0883. The summed E-state index contributed by atoms with van der Waals surface area (Å²) >= 11 is 0.